The fourth-order valence-corrected chi connectivity index (χ4v) is 4.77. The minimum atomic E-state index is -0.629. The predicted molar refractivity (Wildman–Crippen MR) is 134 cm³/mol. The molecule has 5 nitrogen and oxygen atoms in total. The number of aromatic hydroxyl groups is 1. The molecule has 3 aromatic rings. The Morgan fingerprint density at radius 1 is 1.09 bits per heavy atom. The lowest BCUT2D eigenvalue weighted by Gasteiger charge is -2.37. The molecule has 180 valence electrons. The van der Waals surface area contributed by atoms with Crippen LogP contribution in [0.4, 0.5) is 0 Å². The van der Waals surface area contributed by atoms with Crippen molar-refractivity contribution in [1.29, 1.82) is 0 Å². The Morgan fingerprint density at radius 2 is 1.79 bits per heavy atom. The van der Waals surface area contributed by atoms with Crippen molar-refractivity contribution in [1.82, 2.24) is 0 Å². The van der Waals surface area contributed by atoms with E-state index in [0.29, 0.717) is 18.8 Å². The van der Waals surface area contributed by atoms with Gasteiger partial charge in [-0.25, -0.2) is 0 Å². The summed E-state index contributed by atoms with van der Waals surface area (Å²) in [5.41, 5.74) is 4.15. The van der Waals surface area contributed by atoms with Crippen LogP contribution in [-0.2, 0) is 16.0 Å². The normalized spacial score (nSPS) is 18.2. The molecule has 1 heterocycles. The van der Waals surface area contributed by atoms with E-state index in [4.69, 9.17) is 14.2 Å². The SMILES string of the molecule is COc1ccc2cc([C@H](C)COC(=O)C[C@@]3(C)CCc4c(C)c(O)c(C)c(C)c4O3)ccc2c1. The molecule has 4 rings (SSSR count). The second-order valence-electron chi connectivity index (χ2n) is 9.82. The number of fused-ring (bicyclic) bond motifs is 2. The Bertz CT molecular complexity index is 1250. The maximum Gasteiger partial charge on any atom is 0.309 e. The van der Waals surface area contributed by atoms with Gasteiger partial charge in [-0.3, -0.25) is 4.79 Å². The van der Waals surface area contributed by atoms with E-state index >= 15 is 0 Å². The monoisotopic (exact) mass is 462 g/mol. The first-order valence-electron chi connectivity index (χ1n) is 11.9. The van der Waals surface area contributed by atoms with Crippen molar-refractivity contribution in [2.75, 3.05) is 13.7 Å². The maximum absolute atomic E-state index is 12.8. The summed E-state index contributed by atoms with van der Waals surface area (Å²) in [5, 5.41) is 12.6. The van der Waals surface area contributed by atoms with E-state index in [-0.39, 0.29) is 18.3 Å². The van der Waals surface area contributed by atoms with E-state index in [1.54, 1.807) is 7.11 Å². The quantitative estimate of drug-likeness (QED) is 0.436. The topological polar surface area (TPSA) is 65.0 Å². The van der Waals surface area contributed by atoms with Crippen LogP contribution in [0.15, 0.2) is 36.4 Å². The number of benzene rings is 3. The first-order chi connectivity index (χ1) is 16.1. The Morgan fingerprint density at radius 3 is 2.53 bits per heavy atom. The van der Waals surface area contributed by atoms with Crippen molar-refractivity contribution in [3.63, 3.8) is 0 Å². The van der Waals surface area contributed by atoms with Crippen LogP contribution in [0.2, 0.25) is 0 Å². The highest BCUT2D eigenvalue weighted by Crippen LogP contribution is 2.44. The Kier molecular flexibility index (Phi) is 6.48. The molecule has 0 saturated carbocycles. The fourth-order valence-electron chi connectivity index (χ4n) is 4.77. The summed E-state index contributed by atoms with van der Waals surface area (Å²) in [6, 6.07) is 12.3. The fraction of sp³-hybridized carbons (Fsp3) is 0.414. The Labute approximate surface area is 201 Å². The largest absolute Gasteiger partial charge is 0.507 e. The third-order valence-corrected chi connectivity index (χ3v) is 7.25. The zero-order valence-corrected chi connectivity index (χ0v) is 21.0. The summed E-state index contributed by atoms with van der Waals surface area (Å²) >= 11 is 0. The molecule has 0 aliphatic carbocycles. The molecule has 0 aromatic heterocycles. The molecule has 0 spiro atoms. The van der Waals surface area contributed by atoms with Crippen LogP contribution in [0.5, 0.6) is 17.2 Å². The summed E-state index contributed by atoms with van der Waals surface area (Å²) < 4.78 is 17.4. The molecule has 5 heteroatoms. The molecule has 0 bridgehead atoms. The van der Waals surface area contributed by atoms with Crippen molar-refractivity contribution in [3.05, 3.63) is 64.2 Å². The van der Waals surface area contributed by atoms with Gasteiger partial charge < -0.3 is 19.3 Å². The lowest BCUT2D eigenvalue weighted by atomic mass is 9.85. The van der Waals surface area contributed by atoms with Gasteiger partial charge in [0.15, 0.2) is 0 Å². The molecule has 1 aliphatic rings. The Hall–Kier alpha value is -3.21. The van der Waals surface area contributed by atoms with Gasteiger partial charge in [-0.15, -0.1) is 0 Å². The van der Waals surface area contributed by atoms with Gasteiger partial charge in [-0.05, 0) is 85.7 Å². The maximum atomic E-state index is 12.8. The lowest BCUT2D eigenvalue weighted by Crippen LogP contribution is -2.39. The lowest BCUT2D eigenvalue weighted by molar-refractivity contribution is -0.148. The molecular formula is C29H34O5. The molecule has 1 N–H and O–H groups in total. The van der Waals surface area contributed by atoms with Crippen molar-refractivity contribution in [3.8, 4) is 17.2 Å². The predicted octanol–water partition coefficient (Wildman–Crippen LogP) is 6.30. The zero-order valence-electron chi connectivity index (χ0n) is 21.0. The van der Waals surface area contributed by atoms with Gasteiger partial charge in [0, 0.05) is 11.5 Å². The first kappa shape index (κ1) is 23.9. The van der Waals surface area contributed by atoms with Crippen molar-refractivity contribution < 1.29 is 24.1 Å². The number of carbonyl (C=O) groups excluding carboxylic acids is 1. The summed E-state index contributed by atoms with van der Waals surface area (Å²) in [5.74, 6) is 1.79. The van der Waals surface area contributed by atoms with Crippen molar-refractivity contribution >= 4 is 16.7 Å². The molecule has 2 atom stereocenters. The number of rotatable bonds is 6. The summed E-state index contributed by atoms with van der Waals surface area (Å²) in [7, 11) is 1.66. The molecule has 34 heavy (non-hydrogen) atoms. The third-order valence-electron chi connectivity index (χ3n) is 7.25. The standard InChI is InChI=1S/C29H34O5/c1-17(21-7-8-23-14-24(32-6)10-9-22(23)13-21)16-33-26(30)15-29(5)12-11-25-20(4)27(31)18(2)19(3)28(25)34-29/h7-10,13-14,17,31H,11-12,15-16H2,1-6H3/t17-,29-/m1/s1. The van der Waals surface area contributed by atoms with Crippen LogP contribution < -0.4 is 9.47 Å². The average Bonchev–Trinajstić information content (AvgIpc) is 2.83. The van der Waals surface area contributed by atoms with Crippen LogP contribution in [0.25, 0.3) is 10.8 Å². The van der Waals surface area contributed by atoms with Gasteiger partial charge >= 0.3 is 5.97 Å². The highest BCUT2D eigenvalue weighted by molar-refractivity contribution is 5.84. The van der Waals surface area contributed by atoms with Crippen LogP contribution in [0, 0.1) is 20.8 Å². The first-order valence-corrected chi connectivity index (χ1v) is 11.9. The highest BCUT2D eigenvalue weighted by atomic mass is 16.5. The molecule has 0 amide bonds. The highest BCUT2D eigenvalue weighted by Gasteiger charge is 2.37. The van der Waals surface area contributed by atoms with Crippen LogP contribution in [0.3, 0.4) is 0 Å². The molecule has 0 saturated heterocycles. The summed E-state index contributed by atoms with van der Waals surface area (Å²) in [6.45, 7) is 10.1. The second-order valence-corrected chi connectivity index (χ2v) is 9.82. The van der Waals surface area contributed by atoms with E-state index in [1.807, 2.05) is 45.9 Å². The minimum Gasteiger partial charge on any atom is -0.507 e. The Balaban J connectivity index is 1.40. The molecule has 0 fully saturated rings. The number of carbonyl (C=O) groups is 1. The van der Waals surface area contributed by atoms with Gasteiger partial charge in [0.2, 0.25) is 0 Å². The van der Waals surface area contributed by atoms with Crippen molar-refractivity contribution in [2.24, 2.45) is 0 Å². The van der Waals surface area contributed by atoms with E-state index in [2.05, 4.69) is 25.1 Å². The molecule has 0 radical (unpaired) electrons. The van der Waals surface area contributed by atoms with Crippen molar-refractivity contribution in [2.45, 2.75) is 65.4 Å². The smallest absolute Gasteiger partial charge is 0.309 e. The molecule has 0 unspecified atom stereocenters. The average molecular weight is 463 g/mol. The number of ether oxygens (including phenoxy) is 3. The van der Waals surface area contributed by atoms with Gasteiger partial charge in [0.25, 0.3) is 0 Å². The molecule has 1 aliphatic heterocycles. The van der Waals surface area contributed by atoms with Gasteiger partial charge in [-0.1, -0.05) is 31.2 Å². The van der Waals surface area contributed by atoms with E-state index in [9.17, 15) is 9.90 Å². The zero-order chi connectivity index (χ0) is 24.6. The second kappa shape index (κ2) is 9.21. The summed E-state index contributed by atoms with van der Waals surface area (Å²) in [4.78, 5) is 12.8. The molecule has 3 aromatic carbocycles. The van der Waals surface area contributed by atoms with Gasteiger partial charge in [0.1, 0.15) is 22.8 Å². The third kappa shape index (κ3) is 4.56. The van der Waals surface area contributed by atoms with Gasteiger partial charge in [-0.2, -0.15) is 0 Å². The number of hydrogen-bond acceptors (Lipinski definition) is 5. The minimum absolute atomic E-state index is 0.0757. The van der Waals surface area contributed by atoms with E-state index in [1.165, 1.54) is 0 Å². The number of hydrogen-bond donors (Lipinski definition) is 1. The number of phenolic OH excluding ortho intramolecular Hbond substituents is 1. The van der Waals surface area contributed by atoms with Crippen LogP contribution in [-0.4, -0.2) is 30.4 Å². The van der Waals surface area contributed by atoms with Crippen LogP contribution in [0.1, 0.15) is 60.4 Å². The van der Waals surface area contributed by atoms with E-state index < -0.39 is 5.60 Å². The number of methoxy groups -OCH3 is 1. The van der Waals surface area contributed by atoms with Gasteiger partial charge in [0.05, 0.1) is 20.1 Å². The molecular weight excluding hydrogens is 428 g/mol. The summed E-state index contributed by atoms with van der Waals surface area (Å²) in [6.07, 6.45) is 1.65. The number of esters is 1. The van der Waals surface area contributed by atoms with E-state index in [0.717, 1.165) is 56.5 Å². The number of phenols is 1. The van der Waals surface area contributed by atoms with Crippen LogP contribution >= 0.6 is 0 Å².